The van der Waals surface area contributed by atoms with E-state index in [0.29, 0.717) is 11.9 Å². The van der Waals surface area contributed by atoms with Crippen molar-refractivity contribution in [1.82, 2.24) is 4.98 Å². The Morgan fingerprint density at radius 3 is 3.00 bits per heavy atom. The minimum atomic E-state index is 0.240. The third kappa shape index (κ3) is 2.75. The number of aromatic nitrogens is 1. The third-order valence-corrected chi connectivity index (χ3v) is 3.62. The van der Waals surface area contributed by atoms with Crippen molar-refractivity contribution in [3.63, 3.8) is 0 Å². The molecule has 1 atom stereocenters. The molecule has 1 aliphatic heterocycles. The van der Waals surface area contributed by atoms with Crippen molar-refractivity contribution in [3.8, 4) is 5.88 Å². The van der Waals surface area contributed by atoms with Gasteiger partial charge in [-0.25, -0.2) is 0 Å². The van der Waals surface area contributed by atoms with Crippen LogP contribution in [0, 0.1) is 6.92 Å². The summed E-state index contributed by atoms with van der Waals surface area (Å²) in [5, 5.41) is 9.18. The zero-order chi connectivity index (χ0) is 13.0. The van der Waals surface area contributed by atoms with Crippen LogP contribution < -0.4 is 9.64 Å². The molecule has 100 valence electrons. The zero-order valence-electron chi connectivity index (χ0n) is 11.2. The highest BCUT2D eigenvalue weighted by Crippen LogP contribution is 2.28. The van der Waals surface area contributed by atoms with Crippen molar-refractivity contribution in [3.05, 3.63) is 17.7 Å². The highest BCUT2D eigenvalue weighted by molar-refractivity contribution is 5.49. The normalized spacial score (nSPS) is 19.9. The van der Waals surface area contributed by atoms with Crippen LogP contribution in [0.4, 0.5) is 5.82 Å². The largest absolute Gasteiger partial charge is 0.481 e. The maximum Gasteiger partial charge on any atom is 0.214 e. The molecule has 2 heterocycles. The van der Waals surface area contributed by atoms with E-state index in [0.717, 1.165) is 25.2 Å². The molecule has 1 N–H and O–H groups in total. The first-order chi connectivity index (χ1) is 8.76. The Bertz CT molecular complexity index is 393. The fourth-order valence-electron chi connectivity index (χ4n) is 2.63. The van der Waals surface area contributed by atoms with Crippen LogP contribution >= 0.6 is 0 Å². The Morgan fingerprint density at radius 1 is 1.44 bits per heavy atom. The van der Waals surface area contributed by atoms with Gasteiger partial charge in [-0.05, 0) is 38.2 Å². The van der Waals surface area contributed by atoms with E-state index in [9.17, 15) is 5.11 Å². The standard InChI is InChI=1S/C14H22N2O2/c1-11-6-7-13(18-2)15-14(11)16-9-4-3-5-12(16)8-10-17/h6-7,12,17H,3-5,8-10H2,1-2H3. The van der Waals surface area contributed by atoms with Gasteiger partial charge in [0.2, 0.25) is 5.88 Å². The second kappa shape index (κ2) is 6.05. The Morgan fingerprint density at radius 2 is 2.28 bits per heavy atom. The van der Waals surface area contributed by atoms with E-state index in [4.69, 9.17) is 4.74 Å². The summed E-state index contributed by atoms with van der Waals surface area (Å²) in [5.41, 5.74) is 1.17. The minimum absolute atomic E-state index is 0.240. The SMILES string of the molecule is COc1ccc(C)c(N2CCCCC2CCO)n1. The van der Waals surface area contributed by atoms with Crippen LogP contribution in [0.2, 0.25) is 0 Å². The van der Waals surface area contributed by atoms with Crippen LogP contribution in [0.5, 0.6) is 5.88 Å². The molecule has 0 bridgehead atoms. The number of aliphatic hydroxyl groups excluding tert-OH is 1. The van der Waals surface area contributed by atoms with E-state index in [2.05, 4.69) is 16.8 Å². The molecule has 18 heavy (non-hydrogen) atoms. The van der Waals surface area contributed by atoms with Crippen LogP contribution in [-0.2, 0) is 0 Å². The number of anilines is 1. The molecule has 0 amide bonds. The molecule has 4 heteroatoms. The molecular weight excluding hydrogens is 228 g/mol. The van der Waals surface area contributed by atoms with Gasteiger partial charge in [0.15, 0.2) is 0 Å². The molecule has 2 rings (SSSR count). The van der Waals surface area contributed by atoms with Gasteiger partial charge in [-0.15, -0.1) is 0 Å². The molecule has 0 radical (unpaired) electrons. The van der Waals surface area contributed by atoms with Crippen LogP contribution in [0.3, 0.4) is 0 Å². The van der Waals surface area contributed by atoms with Crippen LogP contribution in [0.15, 0.2) is 12.1 Å². The average molecular weight is 250 g/mol. The summed E-state index contributed by atoms with van der Waals surface area (Å²) < 4.78 is 5.21. The number of aryl methyl sites for hydroxylation is 1. The first-order valence-electron chi connectivity index (χ1n) is 6.65. The first-order valence-corrected chi connectivity index (χ1v) is 6.65. The number of hydrogen-bond acceptors (Lipinski definition) is 4. The lowest BCUT2D eigenvalue weighted by atomic mass is 9.99. The Labute approximate surface area is 109 Å². The van der Waals surface area contributed by atoms with Crippen molar-refractivity contribution < 1.29 is 9.84 Å². The van der Waals surface area contributed by atoms with Crippen molar-refractivity contribution >= 4 is 5.82 Å². The van der Waals surface area contributed by atoms with Crippen molar-refractivity contribution in [2.45, 2.75) is 38.6 Å². The molecule has 0 spiro atoms. The van der Waals surface area contributed by atoms with Gasteiger partial charge in [0.1, 0.15) is 5.82 Å². The van der Waals surface area contributed by atoms with E-state index in [-0.39, 0.29) is 6.61 Å². The predicted molar refractivity (Wildman–Crippen MR) is 72.2 cm³/mol. The Balaban J connectivity index is 2.26. The summed E-state index contributed by atoms with van der Waals surface area (Å²) in [6, 6.07) is 4.34. The molecule has 0 aromatic carbocycles. The van der Waals surface area contributed by atoms with Crippen molar-refractivity contribution in [2.75, 3.05) is 25.2 Å². The van der Waals surface area contributed by atoms with E-state index >= 15 is 0 Å². The summed E-state index contributed by atoms with van der Waals surface area (Å²) in [6.07, 6.45) is 4.39. The first kappa shape index (κ1) is 13.1. The number of hydrogen-bond donors (Lipinski definition) is 1. The van der Waals surface area contributed by atoms with Gasteiger partial charge >= 0.3 is 0 Å². The van der Waals surface area contributed by atoms with E-state index in [1.807, 2.05) is 12.1 Å². The lowest BCUT2D eigenvalue weighted by Crippen LogP contribution is -2.41. The van der Waals surface area contributed by atoms with E-state index in [1.165, 1.54) is 18.4 Å². The second-order valence-corrected chi connectivity index (χ2v) is 4.85. The molecule has 0 saturated carbocycles. The number of aliphatic hydroxyl groups is 1. The Kier molecular flexibility index (Phi) is 4.42. The molecule has 1 aromatic rings. The van der Waals surface area contributed by atoms with Crippen molar-refractivity contribution in [2.24, 2.45) is 0 Å². The summed E-state index contributed by atoms with van der Waals surface area (Å²) in [6.45, 7) is 3.34. The molecule has 1 saturated heterocycles. The summed E-state index contributed by atoms with van der Waals surface area (Å²) in [4.78, 5) is 6.90. The van der Waals surface area contributed by atoms with Gasteiger partial charge in [0.05, 0.1) is 7.11 Å². The maximum absolute atomic E-state index is 9.18. The highest BCUT2D eigenvalue weighted by Gasteiger charge is 2.24. The van der Waals surface area contributed by atoms with Crippen LogP contribution in [-0.4, -0.2) is 36.4 Å². The Hall–Kier alpha value is -1.29. The quantitative estimate of drug-likeness (QED) is 0.889. The monoisotopic (exact) mass is 250 g/mol. The fourth-order valence-corrected chi connectivity index (χ4v) is 2.63. The number of rotatable bonds is 4. The van der Waals surface area contributed by atoms with E-state index in [1.54, 1.807) is 7.11 Å². The van der Waals surface area contributed by atoms with Gasteiger partial charge in [0.25, 0.3) is 0 Å². The second-order valence-electron chi connectivity index (χ2n) is 4.85. The maximum atomic E-state index is 9.18. The zero-order valence-corrected chi connectivity index (χ0v) is 11.2. The molecular formula is C14H22N2O2. The number of methoxy groups -OCH3 is 1. The van der Waals surface area contributed by atoms with Gasteiger partial charge in [-0.3, -0.25) is 0 Å². The summed E-state index contributed by atoms with van der Waals surface area (Å²) in [5.74, 6) is 1.66. The van der Waals surface area contributed by atoms with Gasteiger partial charge in [-0.2, -0.15) is 4.98 Å². The number of nitrogens with zero attached hydrogens (tertiary/aromatic N) is 2. The van der Waals surface area contributed by atoms with Crippen LogP contribution in [0.25, 0.3) is 0 Å². The topological polar surface area (TPSA) is 45.6 Å². The molecule has 1 fully saturated rings. The fraction of sp³-hybridized carbons (Fsp3) is 0.643. The summed E-state index contributed by atoms with van der Waals surface area (Å²) in [7, 11) is 1.64. The third-order valence-electron chi connectivity index (χ3n) is 3.62. The van der Waals surface area contributed by atoms with Gasteiger partial charge in [-0.1, -0.05) is 6.07 Å². The number of piperidine rings is 1. The molecule has 0 aliphatic carbocycles. The average Bonchev–Trinajstić information content (AvgIpc) is 2.41. The molecule has 1 aromatic heterocycles. The molecule has 1 aliphatic rings. The summed E-state index contributed by atoms with van der Waals surface area (Å²) >= 11 is 0. The lowest BCUT2D eigenvalue weighted by molar-refractivity contribution is 0.262. The smallest absolute Gasteiger partial charge is 0.214 e. The number of pyridine rings is 1. The van der Waals surface area contributed by atoms with E-state index < -0.39 is 0 Å². The molecule has 4 nitrogen and oxygen atoms in total. The van der Waals surface area contributed by atoms with Gasteiger partial charge < -0.3 is 14.7 Å². The van der Waals surface area contributed by atoms with Crippen LogP contribution in [0.1, 0.15) is 31.2 Å². The minimum Gasteiger partial charge on any atom is -0.481 e. The highest BCUT2D eigenvalue weighted by atomic mass is 16.5. The van der Waals surface area contributed by atoms with Crippen molar-refractivity contribution in [1.29, 1.82) is 0 Å². The molecule has 1 unspecified atom stereocenters. The lowest BCUT2D eigenvalue weighted by Gasteiger charge is -2.37. The predicted octanol–water partition coefficient (Wildman–Crippen LogP) is 2.14. The number of ether oxygens (including phenoxy) is 1. The van der Waals surface area contributed by atoms with Gasteiger partial charge in [0, 0.05) is 25.3 Å².